The maximum Gasteiger partial charge on any atom is 0.336 e. The van der Waals surface area contributed by atoms with Crippen molar-refractivity contribution in [2.24, 2.45) is 0 Å². The van der Waals surface area contributed by atoms with E-state index in [0.717, 1.165) is 4.88 Å². The van der Waals surface area contributed by atoms with E-state index in [-0.39, 0.29) is 0 Å². The highest BCUT2D eigenvalue weighted by Gasteiger charge is 2.11. The molecule has 1 N–H and O–H groups in total. The Morgan fingerprint density at radius 3 is 2.94 bits per heavy atom. The van der Waals surface area contributed by atoms with Crippen LogP contribution in [0.5, 0.6) is 0 Å². The number of thioether (sulfide) groups is 1. The van der Waals surface area contributed by atoms with Gasteiger partial charge in [-0.1, -0.05) is 17.7 Å². The van der Waals surface area contributed by atoms with Crippen LogP contribution in [0.1, 0.15) is 20.8 Å². The molecule has 2 nitrogen and oxygen atoms in total. The molecule has 2 aromatic rings. The number of carboxylic acids is 1. The van der Waals surface area contributed by atoms with E-state index in [0.29, 0.717) is 11.3 Å². The highest BCUT2D eigenvalue weighted by Crippen LogP contribution is 2.28. The fourth-order valence-electron chi connectivity index (χ4n) is 1.50. The number of hydrogen-bond donors (Lipinski definition) is 1. The van der Waals surface area contributed by atoms with Crippen LogP contribution in [0.2, 0.25) is 0 Å². The van der Waals surface area contributed by atoms with Gasteiger partial charge in [-0.15, -0.1) is 23.1 Å². The first kappa shape index (κ1) is 12.2. The first-order valence-electron chi connectivity index (χ1n) is 5.16. The van der Waals surface area contributed by atoms with E-state index in [2.05, 4.69) is 19.1 Å². The lowest BCUT2D eigenvalue weighted by atomic mass is 10.2. The van der Waals surface area contributed by atoms with Crippen molar-refractivity contribution in [2.45, 2.75) is 17.6 Å². The molecule has 0 spiro atoms. The Kier molecular flexibility index (Phi) is 3.86. The summed E-state index contributed by atoms with van der Waals surface area (Å²) in [5.74, 6) is -0.131. The van der Waals surface area contributed by atoms with Gasteiger partial charge in [0.05, 0.1) is 5.56 Å². The number of benzene rings is 1. The molecular formula is C13H12O2S2. The van der Waals surface area contributed by atoms with Gasteiger partial charge in [0, 0.05) is 15.5 Å². The van der Waals surface area contributed by atoms with E-state index in [4.69, 9.17) is 5.11 Å². The van der Waals surface area contributed by atoms with Gasteiger partial charge in [-0.25, -0.2) is 4.79 Å². The summed E-state index contributed by atoms with van der Waals surface area (Å²) in [6.45, 7) is 2.05. The number of aryl methyl sites for hydroxylation is 1. The van der Waals surface area contributed by atoms with Crippen LogP contribution in [0.4, 0.5) is 0 Å². The molecule has 1 aromatic carbocycles. The first-order chi connectivity index (χ1) is 8.16. The summed E-state index contributed by atoms with van der Waals surface area (Å²) in [4.78, 5) is 13.0. The minimum Gasteiger partial charge on any atom is -0.478 e. The zero-order valence-corrected chi connectivity index (χ0v) is 11.0. The van der Waals surface area contributed by atoms with Gasteiger partial charge in [0.1, 0.15) is 0 Å². The van der Waals surface area contributed by atoms with Crippen LogP contribution in [-0.2, 0) is 5.75 Å². The lowest BCUT2D eigenvalue weighted by molar-refractivity contribution is 0.0696. The highest BCUT2D eigenvalue weighted by molar-refractivity contribution is 7.98. The Balaban J connectivity index is 2.07. The molecule has 0 atom stereocenters. The predicted octanol–water partition coefficient (Wildman–Crippen LogP) is 4.05. The number of aromatic carboxylic acids is 1. The van der Waals surface area contributed by atoms with Crippen LogP contribution in [0, 0.1) is 6.92 Å². The van der Waals surface area contributed by atoms with E-state index in [1.54, 1.807) is 17.8 Å². The maximum atomic E-state index is 10.9. The van der Waals surface area contributed by atoms with Crippen molar-refractivity contribution < 1.29 is 9.90 Å². The maximum absolute atomic E-state index is 10.9. The topological polar surface area (TPSA) is 37.3 Å². The molecule has 88 valence electrons. The van der Waals surface area contributed by atoms with Gasteiger partial charge in [0.25, 0.3) is 0 Å². The molecule has 0 amide bonds. The number of carbonyl (C=O) groups is 1. The number of thiophene rings is 1. The number of hydrogen-bond acceptors (Lipinski definition) is 3. The summed E-state index contributed by atoms with van der Waals surface area (Å²) in [6, 6.07) is 9.89. The Bertz CT molecular complexity index is 532. The van der Waals surface area contributed by atoms with Crippen LogP contribution in [-0.4, -0.2) is 11.1 Å². The van der Waals surface area contributed by atoms with Crippen molar-refractivity contribution in [2.75, 3.05) is 0 Å². The molecule has 0 fully saturated rings. The van der Waals surface area contributed by atoms with Crippen LogP contribution >= 0.6 is 23.1 Å². The summed E-state index contributed by atoms with van der Waals surface area (Å²) in [7, 11) is 0. The van der Waals surface area contributed by atoms with Crippen LogP contribution in [0.3, 0.4) is 0 Å². The number of rotatable bonds is 4. The third-order valence-electron chi connectivity index (χ3n) is 2.34. The molecule has 1 aromatic heterocycles. The molecule has 2 rings (SSSR count). The molecule has 0 aliphatic rings. The average Bonchev–Trinajstić information content (AvgIpc) is 2.74. The molecule has 1 heterocycles. The Hall–Kier alpha value is -1.26. The normalized spacial score (nSPS) is 10.4. The summed E-state index contributed by atoms with van der Waals surface area (Å²) in [5.41, 5.74) is 1.65. The molecule has 0 saturated heterocycles. The van der Waals surface area contributed by atoms with Gasteiger partial charge in [0.15, 0.2) is 0 Å². The van der Waals surface area contributed by atoms with Crippen molar-refractivity contribution in [3.8, 4) is 0 Å². The van der Waals surface area contributed by atoms with Gasteiger partial charge in [-0.05, 0) is 30.5 Å². The van der Waals surface area contributed by atoms with Crippen molar-refractivity contribution in [1.29, 1.82) is 0 Å². The summed E-state index contributed by atoms with van der Waals surface area (Å²) >= 11 is 3.17. The SMILES string of the molecule is Cc1cccc(SCc2sccc2C(=O)O)c1. The van der Waals surface area contributed by atoms with E-state index in [1.165, 1.54) is 21.8 Å². The Morgan fingerprint density at radius 2 is 2.24 bits per heavy atom. The average molecular weight is 264 g/mol. The van der Waals surface area contributed by atoms with Gasteiger partial charge in [0.2, 0.25) is 0 Å². The monoisotopic (exact) mass is 264 g/mol. The van der Waals surface area contributed by atoms with E-state index >= 15 is 0 Å². The standard InChI is InChI=1S/C13H12O2S2/c1-9-3-2-4-10(7-9)17-8-12-11(13(14)15)5-6-16-12/h2-7H,8H2,1H3,(H,14,15). The van der Waals surface area contributed by atoms with Crippen molar-refractivity contribution in [1.82, 2.24) is 0 Å². The smallest absolute Gasteiger partial charge is 0.336 e. The van der Waals surface area contributed by atoms with Gasteiger partial charge in [-0.3, -0.25) is 0 Å². The molecule has 0 bridgehead atoms. The third-order valence-corrected chi connectivity index (χ3v) is 4.46. The number of carboxylic acid groups (broad SMARTS) is 1. The molecular weight excluding hydrogens is 252 g/mol. The van der Waals surface area contributed by atoms with Crippen molar-refractivity contribution >= 4 is 29.1 Å². The minimum absolute atomic E-state index is 0.426. The van der Waals surface area contributed by atoms with E-state index < -0.39 is 5.97 Å². The quantitative estimate of drug-likeness (QED) is 0.847. The second-order valence-electron chi connectivity index (χ2n) is 3.67. The molecule has 0 unspecified atom stereocenters. The van der Waals surface area contributed by atoms with Crippen LogP contribution in [0.15, 0.2) is 40.6 Å². The summed E-state index contributed by atoms with van der Waals surface area (Å²) < 4.78 is 0. The van der Waals surface area contributed by atoms with Gasteiger partial charge in [-0.2, -0.15) is 0 Å². The first-order valence-corrected chi connectivity index (χ1v) is 7.02. The van der Waals surface area contributed by atoms with E-state index in [9.17, 15) is 4.79 Å². The molecule has 4 heteroatoms. The second kappa shape index (κ2) is 5.38. The Morgan fingerprint density at radius 1 is 1.41 bits per heavy atom. The van der Waals surface area contributed by atoms with Gasteiger partial charge < -0.3 is 5.11 Å². The fraction of sp³-hybridized carbons (Fsp3) is 0.154. The molecule has 0 aliphatic carbocycles. The summed E-state index contributed by atoms with van der Waals surface area (Å²) in [5, 5.41) is 10.8. The van der Waals surface area contributed by atoms with E-state index in [1.807, 2.05) is 17.5 Å². The largest absolute Gasteiger partial charge is 0.478 e. The van der Waals surface area contributed by atoms with Crippen molar-refractivity contribution in [3.63, 3.8) is 0 Å². The minimum atomic E-state index is -0.842. The zero-order valence-electron chi connectivity index (χ0n) is 9.34. The lowest BCUT2D eigenvalue weighted by Gasteiger charge is -2.02. The van der Waals surface area contributed by atoms with Gasteiger partial charge >= 0.3 is 5.97 Å². The Labute approximate surface area is 108 Å². The molecule has 0 saturated carbocycles. The van der Waals surface area contributed by atoms with Crippen molar-refractivity contribution in [3.05, 3.63) is 51.7 Å². The third kappa shape index (κ3) is 3.11. The second-order valence-corrected chi connectivity index (χ2v) is 5.72. The van der Waals surface area contributed by atoms with Crippen LogP contribution in [0.25, 0.3) is 0 Å². The fourth-order valence-corrected chi connectivity index (χ4v) is 3.49. The molecule has 17 heavy (non-hydrogen) atoms. The summed E-state index contributed by atoms with van der Waals surface area (Å²) in [6.07, 6.45) is 0. The highest BCUT2D eigenvalue weighted by atomic mass is 32.2. The lowest BCUT2D eigenvalue weighted by Crippen LogP contribution is -1.96. The molecule has 0 aliphatic heterocycles. The molecule has 0 radical (unpaired) electrons. The predicted molar refractivity (Wildman–Crippen MR) is 72.0 cm³/mol. The zero-order chi connectivity index (χ0) is 12.3. The van der Waals surface area contributed by atoms with Crippen LogP contribution < -0.4 is 0 Å².